The summed E-state index contributed by atoms with van der Waals surface area (Å²) in [5, 5.41) is 15.9. The maximum absolute atomic E-state index is 12.3. The summed E-state index contributed by atoms with van der Waals surface area (Å²) in [7, 11) is 0. The third kappa shape index (κ3) is 5.65. The van der Waals surface area contributed by atoms with Gasteiger partial charge in [0.25, 0.3) is 11.6 Å². The third-order valence-electron chi connectivity index (χ3n) is 4.08. The average molecular weight is 422 g/mol. The molecule has 0 saturated carbocycles. The van der Waals surface area contributed by atoms with Gasteiger partial charge in [0, 0.05) is 46.4 Å². The van der Waals surface area contributed by atoms with E-state index < -0.39 is 4.92 Å². The quantitative estimate of drug-likeness (QED) is 0.332. The number of amides is 2. The Morgan fingerprint density at radius 1 is 0.933 bits per heavy atom. The number of thioether (sulfide) groups is 1. The minimum absolute atomic E-state index is 0.0741. The number of aromatic nitrogens is 1. The van der Waals surface area contributed by atoms with E-state index in [1.165, 1.54) is 36.0 Å². The van der Waals surface area contributed by atoms with Crippen LogP contribution in [0.3, 0.4) is 0 Å². The number of pyridine rings is 1. The highest BCUT2D eigenvalue weighted by Gasteiger charge is 2.15. The van der Waals surface area contributed by atoms with Crippen molar-refractivity contribution in [3.63, 3.8) is 0 Å². The Morgan fingerprint density at radius 2 is 1.53 bits per heavy atom. The first-order valence-corrected chi connectivity index (χ1v) is 9.84. The van der Waals surface area contributed by atoms with Crippen molar-refractivity contribution >= 4 is 40.6 Å². The SMILES string of the molecule is CC(Sc1ccc(NC(=O)c2ccc([N+](=O)[O-])cc2)cc1)C(=O)Nc1ccncc1. The molecule has 1 unspecified atom stereocenters. The van der Waals surface area contributed by atoms with Crippen molar-refractivity contribution < 1.29 is 14.5 Å². The summed E-state index contributed by atoms with van der Waals surface area (Å²) >= 11 is 1.39. The molecule has 1 heterocycles. The zero-order chi connectivity index (χ0) is 21.5. The van der Waals surface area contributed by atoms with Gasteiger partial charge in [-0.05, 0) is 55.5 Å². The van der Waals surface area contributed by atoms with Crippen LogP contribution in [0.4, 0.5) is 17.1 Å². The summed E-state index contributed by atoms with van der Waals surface area (Å²) < 4.78 is 0. The molecule has 0 fully saturated rings. The van der Waals surface area contributed by atoms with Crippen molar-refractivity contribution in [1.29, 1.82) is 0 Å². The van der Waals surface area contributed by atoms with Gasteiger partial charge in [0.15, 0.2) is 0 Å². The minimum atomic E-state index is -0.517. The van der Waals surface area contributed by atoms with E-state index in [0.717, 1.165) is 4.90 Å². The van der Waals surface area contributed by atoms with Gasteiger partial charge in [-0.2, -0.15) is 0 Å². The van der Waals surface area contributed by atoms with Crippen molar-refractivity contribution in [3.05, 3.63) is 88.7 Å². The molecule has 0 radical (unpaired) electrons. The number of non-ortho nitro benzene ring substituents is 1. The highest BCUT2D eigenvalue weighted by atomic mass is 32.2. The smallest absolute Gasteiger partial charge is 0.269 e. The number of benzene rings is 2. The van der Waals surface area contributed by atoms with Crippen LogP contribution in [0.15, 0.2) is 78.0 Å². The summed E-state index contributed by atoms with van der Waals surface area (Å²) in [6, 6.07) is 15.9. The van der Waals surface area contributed by atoms with E-state index in [2.05, 4.69) is 15.6 Å². The second kappa shape index (κ2) is 9.66. The van der Waals surface area contributed by atoms with Crippen LogP contribution in [-0.2, 0) is 4.79 Å². The fourth-order valence-corrected chi connectivity index (χ4v) is 3.36. The van der Waals surface area contributed by atoms with Crippen LogP contribution in [0.2, 0.25) is 0 Å². The molecule has 2 aromatic carbocycles. The van der Waals surface area contributed by atoms with Crippen LogP contribution in [0.25, 0.3) is 0 Å². The standard InChI is InChI=1S/C21H18N4O4S/c1-14(20(26)23-17-10-12-22-13-11-17)30-19-8-4-16(5-9-19)24-21(27)15-2-6-18(7-3-15)25(28)29/h2-14H,1H3,(H,24,27)(H,22,23,26). The predicted molar refractivity (Wildman–Crippen MR) is 116 cm³/mol. The molecule has 1 atom stereocenters. The maximum Gasteiger partial charge on any atom is 0.269 e. The summed E-state index contributed by atoms with van der Waals surface area (Å²) in [5.41, 5.74) is 1.51. The molecular weight excluding hydrogens is 404 g/mol. The molecule has 0 aliphatic carbocycles. The van der Waals surface area contributed by atoms with Crippen molar-refractivity contribution in [2.24, 2.45) is 0 Å². The Kier molecular flexibility index (Phi) is 6.76. The van der Waals surface area contributed by atoms with Crippen molar-refractivity contribution in [3.8, 4) is 0 Å². The molecule has 0 saturated heterocycles. The van der Waals surface area contributed by atoms with Gasteiger partial charge >= 0.3 is 0 Å². The molecule has 3 aromatic rings. The minimum Gasteiger partial charge on any atom is -0.325 e. The van der Waals surface area contributed by atoms with Crippen molar-refractivity contribution in [2.75, 3.05) is 10.6 Å². The van der Waals surface area contributed by atoms with Crippen LogP contribution in [0.1, 0.15) is 17.3 Å². The highest BCUT2D eigenvalue weighted by molar-refractivity contribution is 8.00. The van der Waals surface area contributed by atoms with E-state index in [4.69, 9.17) is 0 Å². The molecule has 9 heteroatoms. The Labute approximate surface area is 176 Å². The largest absolute Gasteiger partial charge is 0.325 e. The second-order valence-corrected chi connectivity index (χ2v) is 7.68. The highest BCUT2D eigenvalue weighted by Crippen LogP contribution is 2.26. The lowest BCUT2D eigenvalue weighted by molar-refractivity contribution is -0.384. The molecule has 2 amide bonds. The van der Waals surface area contributed by atoms with Gasteiger partial charge in [0.2, 0.25) is 5.91 Å². The fourth-order valence-electron chi connectivity index (χ4n) is 2.49. The zero-order valence-electron chi connectivity index (χ0n) is 15.9. The summed E-state index contributed by atoms with van der Waals surface area (Å²) in [4.78, 5) is 39.5. The number of nitro benzene ring substituents is 1. The molecule has 0 aliphatic heterocycles. The Morgan fingerprint density at radius 3 is 2.13 bits per heavy atom. The van der Waals surface area contributed by atoms with Crippen LogP contribution in [0.5, 0.6) is 0 Å². The molecule has 0 bridgehead atoms. The van der Waals surface area contributed by atoms with Gasteiger partial charge in [-0.25, -0.2) is 0 Å². The summed E-state index contributed by atoms with van der Waals surface area (Å²) in [5.74, 6) is -0.489. The lowest BCUT2D eigenvalue weighted by Gasteiger charge is -2.12. The van der Waals surface area contributed by atoms with Crippen molar-refractivity contribution in [2.45, 2.75) is 17.1 Å². The first kappa shape index (κ1) is 21.0. The first-order valence-electron chi connectivity index (χ1n) is 8.96. The van der Waals surface area contributed by atoms with Crippen LogP contribution in [-0.4, -0.2) is 27.0 Å². The lowest BCUT2D eigenvalue weighted by Crippen LogP contribution is -2.22. The molecule has 30 heavy (non-hydrogen) atoms. The van der Waals surface area contributed by atoms with Gasteiger partial charge in [-0.15, -0.1) is 11.8 Å². The predicted octanol–water partition coefficient (Wildman–Crippen LogP) is 4.36. The van der Waals surface area contributed by atoms with E-state index in [1.807, 2.05) is 19.1 Å². The van der Waals surface area contributed by atoms with Gasteiger partial charge in [0.05, 0.1) is 10.2 Å². The summed E-state index contributed by atoms with van der Waals surface area (Å²) in [6.07, 6.45) is 3.22. The number of rotatable bonds is 7. The zero-order valence-corrected chi connectivity index (χ0v) is 16.8. The molecule has 152 valence electrons. The molecule has 1 aromatic heterocycles. The van der Waals surface area contributed by atoms with E-state index >= 15 is 0 Å². The number of carbonyl (C=O) groups is 2. The third-order valence-corrected chi connectivity index (χ3v) is 5.19. The van der Waals surface area contributed by atoms with Gasteiger partial charge in [-0.1, -0.05) is 0 Å². The second-order valence-electron chi connectivity index (χ2n) is 6.27. The molecule has 0 spiro atoms. The number of carbonyl (C=O) groups excluding carboxylic acids is 2. The lowest BCUT2D eigenvalue weighted by atomic mass is 10.2. The Bertz CT molecular complexity index is 1040. The summed E-state index contributed by atoms with van der Waals surface area (Å²) in [6.45, 7) is 1.81. The molecule has 0 aliphatic rings. The monoisotopic (exact) mass is 422 g/mol. The molecule has 8 nitrogen and oxygen atoms in total. The van der Waals surface area contributed by atoms with Gasteiger partial charge in [0.1, 0.15) is 0 Å². The number of nitro groups is 1. The van der Waals surface area contributed by atoms with Gasteiger partial charge < -0.3 is 10.6 Å². The number of hydrogen-bond acceptors (Lipinski definition) is 6. The maximum atomic E-state index is 12.3. The van der Waals surface area contributed by atoms with E-state index in [-0.39, 0.29) is 22.8 Å². The number of nitrogens with zero attached hydrogens (tertiary/aromatic N) is 2. The van der Waals surface area contributed by atoms with Gasteiger partial charge in [-0.3, -0.25) is 24.7 Å². The number of anilines is 2. The van der Waals surface area contributed by atoms with E-state index in [1.54, 1.807) is 36.7 Å². The van der Waals surface area contributed by atoms with Crippen LogP contribution < -0.4 is 10.6 Å². The average Bonchev–Trinajstić information content (AvgIpc) is 2.75. The Balaban J connectivity index is 1.55. The van der Waals surface area contributed by atoms with Crippen molar-refractivity contribution in [1.82, 2.24) is 4.98 Å². The Hall–Kier alpha value is -3.72. The topological polar surface area (TPSA) is 114 Å². The van der Waals surface area contributed by atoms with Crippen LogP contribution in [0, 0.1) is 10.1 Å². The first-order chi connectivity index (χ1) is 14.4. The van der Waals surface area contributed by atoms with E-state index in [9.17, 15) is 19.7 Å². The number of hydrogen-bond donors (Lipinski definition) is 2. The molecular formula is C21H18N4O4S. The van der Waals surface area contributed by atoms with E-state index in [0.29, 0.717) is 16.9 Å². The molecule has 3 rings (SSSR count). The normalized spacial score (nSPS) is 11.4. The molecule has 2 N–H and O–H groups in total. The van der Waals surface area contributed by atoms with Crippen LogP contribution >= 0.6 is 11.8 Å². The number of nitrogens with one attached hydrogen (secondary N) is 2. The fraction of sp³-hybridized carbons (Fsp3) is 0.0952.